The molecule has 0 bridgehead atoms. The van der Waals surface area contributed by atoms with Crippen molar-refractivity contribution in [2.24, 2.45) is 5.92 Å². The first-order valence-electron chi connectivity index (χ1n) is 9.10. The summed E-state index contributed by atoms with van der Waals surface area (Å²) in [7, 11) is 0. The number of carbonyl (C=O) groups is 1. The number of ether oxygens (including phenoxy) is 1. The Morgan fingerprint density at radius 2 is 2.00 bits per heavy atom. The first kappa shape index (κ1) is 20.0. The third-order valence-corrected chi connectivity index (χ3v) is 4.92. The minimum Gasteiger partial charge on any atom is -0.486 e. The summed E-state index contributed by atoms with van der Waals surface area (Å²) < 4.78 is 20.3. The summed E-state index contributed by atoms with van der Waals surface area (Å²) >= 11 is 1.34. The Labute approximate surface area is 167 Å². The van der Waals surface area contributed by atoms with Crippen molar-refractivity contribution in [3.63, 3.8) is 0 Å². The summed E-state index contributed by atoms with van der Waals surface area (Å²) in [5, 5.41) is 9.56. The lowest BCUT2D eigenvalue weighted by Gasteiger charge is -2.17. The zero-order chi connectivity index (χ0) is 20.1. The quantitative estimate of drug-likeness (QED) is 0.581. The number of anilines is 1. The molecule has 1 atom stereocenters. The molecule has 2 aromatic heterocycles. The zero-order valence-corrected chi connectivity index (χ0v) is 16.9. The zero-order valence-electron chi connectivity index (χ0n) is 16.1. The van der Waals surface area contributed by atoms with Gasteiger partial charge in [0, 0.05) is 11.4 Å². The molecule has 0 fully saturated rings. The summed E-state index contributed by atoms with van der Waals surface area (Å²) in [6.45, 7) is 6.61. The Morgan fingerprint density at radius 3 is 2.71 bits per heavy atom. The highest BCUT2D eigenvalue weighted by Gasteiger charge is 2.16. The molecule has 28 heavy (non-hydrogen) atoms. The van der Waals surface area contributed by atoms with Gasteiger partial charge in [0.2, 0.25) is 0 Å². The molecule has 1 amide bonds. The maximum absolute atomic E-state index is 12.9. The number of thiazole rings is 1. The molecule has 0 aliphatic heterocycles. The number of aromatic nitrogens is 3. The average Bonchev–Trinajstić information content (AvgIpc) is 3.30. The lowest BCUT2D eigenvalue weighted by Crippen LogP contribution is -2.18. The molecule has 3 rings (SSSR count). The van der Waals surface area contributed by atoms with E-state index >= 15 is 0 Å². The molecule has 148 valence electrons. The van der Waals surface area contributed by atoms with Gasteiger partial charge in [-0.1, -0.05) is 13.8 Å². The highest BCUT2D eigenvalue weighted by atomic mass is 32.1. The molecule has 0 spiro atoms. The molecule has 8 heteroatoms. The molecule has 3 aromatic rings. The number of amides is 1. The van der Waals surface area contributed by atoms with Crippen LogP contribution in [0, 0.1) is 11.7 Å². The Hall–Kier alpha value is -2.74. The highest BCUT2D eigenvalue weighted by molar-refractivity contribution is 7.09. The van der Waals surface area contributed by atoms with E-state index in [2.05, 4.69) is 36.2 Å². The molecule has 0 aliphatic rings. The molecule has 1 aromatic carbocycles. The molecule has 1 N–H and O–H groups in total. The second kappa shape index (κ2) is 8.97. The highest BCUT2D eigenvalue weighted by Crippen LogP contribution is 2.22. The van der Waals surface area contributed by atoms with Crippen LogP contribution >= 0.6 is 11.3 Å². The van der Waals surface area contributed by atoms with Crippen molar-refractivity contribution in [3.8, 4) is 5.75 Å². The van der Waals surface area contributed by atoms with Crippen molar-refractivity contribution >= 4 is 23.1 Å². The third-order valence-electron chi connectivity index (χ3n) is 4.10. The number of hydrogen-bond donors (Lipinski definition) is 1. The van der Waals surface area contributed by atoms with Gasteiger partial charge in [-0.05, 0) is 43.5 Å². The Bertz CT molecular complexity index is 920. The number of hydrogen-bond acceptors (Lipinski definition) is 5. The molecule has 0 saturated carbocycles. The number of halogens is 1. The van der Waals surface area contributed by atoms with Crippen LogP contribution in [-0.2, 0) is 6.61 Å². The summed E-state index contributed by atoms with van der Waals surface area (Å²) in [5.41, 5.74) is 0.326. The maximum Gasteiger partial charge on any atom is 0.276 e. The molecular formula is C20H23FN4O2S. The van der Waals surface area contributed by atoms with Crippen LogP contribution in [0.5, 0.6) is 5.75 Å². The van der Waals surface area contributed by atoms with Gasteiger partial charge >= 0.3 is 0 Å². The first-order valence-corrected chi connectivity index (χ1v) is 9.98. The van der Waals surface area contributed by atoms with Crippen molar-refractivity contribution in [1.82, 2.24) is 14.8 Å². The van der Waals surface area contributed by atoms with Gasteiger partial charge in [-0.25, -0.2) is 14.1 Å². The molecule has 1 unspecified atom stereocenters. The predicted molar refractivity (Wildman–Crippen MR) is 107 cm³/mol. The summed E-state index contributed by atoms with van der Waals surface area (Å²) in [6, 6.07) is 7.73. The van der Waals surface area contributed by atoms with Crippen LogP contribution in [0.4, 0.5) is 10.2 Å². The van der Waals surface area contributed by atoms with Gasteiger partial charge in [-0.2, -0.15) is 5.10 Å². The van der Waals surface area contributed by atoms with Crippen LogP contribution in [0.1, 0.15) is 48.7 Å². The van der Waals surface area contributed by atoms with Crippen LogP contribution < -0.4 is 10.1 Å². The van der Waals surface area contributed by atoms with E-state index < -0.39 is 0 Å². The average molecular weight is 402 g/mol. The number of nitrogens with zero attached hydrogens (tertiary/aromatic N) is 3. The Balaban J connectivity index is 1.60. The van der Waals surface area contributed by atoms with Crippen molar-refractivity contribution in [1.29, 1.82) is 0 Å². The van der Waals surface area contributed by atoms with Gasteiger partial charge in [0.15, 0.2) is 0 Å². The molecule has 0 radical (unpaired) electrons. The van der Waals surface area contributed by atoms with Gasteiger partial charge in [0.05, 0.1) is 12.2 Å². The van der Waals surface area contributed by atoms with E-state index in [9.17, 15) is 9.18 Å². The topological polar surface area (TPSA) is 69.0 Å². The van der Waals surface area contributed by atoms with Gasteiger partial charge in [-0.3, -0.25) is 4.79 Å². The number of carbonyl (C=O) groups excluding carboxylic acids is 1. The third kappa shape index (κ3) is 5.16. The first-order chi connectivity index (χ1) is 13.4. The van der Waals surface area contributed by atoms with Crippen molar-refractivity contribution in [3.05, 3.63) is 58.4 Å². The van der Waals surface area contributed by atoms with Crippen LogP contribution in [0.25, 0.3) is 0 Å². The summed E-state index contributed by atoms with van der Waals surface area (Å²) in [5.74, 6) is 1.12. The number of benzene rings is 1. The minimum absolute atomic E-state index is 0.181. The fourth-order valence-corrected chi connectivity index (χ4v) is 3.57. The van der Waals surface area contributed by atoms with Crippen molar-refractivity contribution < 1.29 is 13.9 Å². The molecular weight excluding hydrogens is 379 g/mol. The van der Waals surface area contributed by atoms with Crippen molar-refractivity contribution in [2.75, 3.05) is 5.32 Å². The lowest BCUT2D eigenvalue weighted by molar-refractivity contribution is 0.102. The lowest BCUT2D eigenvalue weighted by atomic mass is 10.1. The van der Waals surface area contributed by atoms with E-state index in [4.69, 9.17) is 4.74 Å². The molecule has 0 saturated heterocycles. The van der Waals surface area contributed by atoms with Gasteiger partial charge < -0.3 is 10.1 Å². The van der Waals surface area contributed by atoms with E-state index in [1.807, 2.05) is 4.68 Å². The van der Waals surface area contributed by atoms with Crippen LogP contribution in [0.15, 0.2) is 41.9 Å². The molecule has 0 aliphatic carbocycles. The Kier molecular flexibility index (Phi) is 6.41. The number of rotatable bonds is 8. The van der Waals surface area contributed by atoms with E-state index in [0.29, 0.717) is 28.2 Å². The van der Waals surface area contributed by atoms with Gasteiger partial charge in [0.25, 0.3) is 5.91 Å². The van der Waals surface area contributed by atoms with Gasteiger partial charge in [0.1, 0.15) is 34.7 Å². The summed E-state index contributed by atoms with van der Waals surface area (Å²) in [6.07, 6.45) is 2.64. The number of nitrogens with one attached hydrogen (secondary N) is 1. The van der Waals surface area contributed by atoms with Crippen LogP contribution in [-0.4, -0.2) is 20.7 Å². The molecule has 2 heterocycles. The van der Waals surface area contributed by atoms with E-state index in [-0.39, 0.29) is 24.4 Å². The van der Waals surface area contributed by atoms with Crippen molar-refractivity contribution in [2.45, 2.75) is 39.8 Å². The summed E-state index contributed by atoms with van der Waals surface area (Å²) in [4.78, 5) is 16.9. The van der Waals surface area contributed by atoms with E-state index in [0.717, 1.165) is 6.42 Å². The molecule has 6 nitrogen and oxygen atoms in total. The minimum atomic E-state index is -0.317. The SMILES string of the molecule is CC(C)CC(C)n1nccc1NC(=O)c1csc(COc2ccc(F)cc2)n1. The predicted octanol–water partition coefficient (Wildman–Crippen LogP) is 4.92. The van der Waals surface area contributed by atoms with Crippen LogP contribution in [0.2, 0.25) is 0 Å². The smallest absolute Gasteiger partial charge is 0.276 e. The Morgan fingerprint density at radius 1 is 1.25 bits per heavy atom. The normalized spacial score (nSPS) is 12.2. The van der Waals surface area contributed by atoms with E-state index in [1.54, 1.807) is 29.8 Å². The maximum atomic E-state index is 12.9. The fraction of sp³-hybridized carbons (Fsp3) is 0.350. The van der Waals surface area contributed by atoms with Gasteiger partial charge in [-0.15, -0.1) is 11.3 Å². The monoisotopic (exact) mass is 402 g/mol. The van der Waals surface area contributed by atoms with E-state index in [1.165, 1.54) is 23.5 Å². The second-order valence-corrected chi connectivity index (χ2v) is 7.91. The standard InChI is InChI=1S/C20H23FN4O2S/c1-13(2)10-14(3)25-18(8-9-22-25)24-20(26)17-12-28-19(23-17)11-27-16-6-4-15(21)5-7-16/h4-9,12-14H,10-11H2,1-3H3,(H,24,26). The second-order valence-electron chi connectivity index (χ2n) is 6.96. The fourth-order valence-electron chi connectivity index (χ4n) is 2.88. The largest absolute Gasteiger partial charge is 0.486 e. The van der Waals surface area contributed by atoms with Crippen LogP contribution in [0.3, 0.4) is 0 Å².